The maximum Gasteiger partial charge on any atom is 0.108 e. The molecule has 1 aliphatic rings. The topological polar surface area (TPSA) is 29.1 Å². The number of hydrogen-bond donors (Lipinski definition) is 1. The summed E-state index contributed by atoms with van der Waals surface area (Å²) in [4.78, 5) is 0. The monoisotopic (exact) mass is 207 g/mol. The summed E-state index contributed by atoms with van der Waals surface area (Å²) in [6.45, 7) is 5.26. The van der Waals surface area contributed by atoms with Gasteiger partial charge in [-0.2, -0.15) is 0 Å². The Balaban J connectivity index is 2.52. The van der Waals surface area contributed by atoms with Crippen molar-refractivity contribution in [1.82, 2.24) is 4.72 Å². The molecule has 1 saturated carbocycles. The van der Waals surface area contributed by atoms with E-state index < -0.39 is 23.2 Å². The van der Waals surface area contributed by atoms with Crippen LogP contribution in [0.15, 0.2) is 0 Å². The summed E-state index contributed by atoms with van der Waals surface area (Å²) >= 11 is 0. The van der Waals surface area contributed by atoms with Crippen LogP contribution in [0.2, 0.25) is 0 Å². The fraction of sp³-hybridized carbons (Fsp3) is 1.00. The van der Waals surface area contributed by atoms with Crippen molar-refractivity contribution in [1.29, 1.82) is 0 Å². The zero-order valence-corrected chi connectivity index (χ0v) is 9.34. The van der Waals surface area contributed by atoms with E-state index in [2.05, 4.69) is 4.72 Å². The van der Waals surface area contributed by atoms with E-state index in [9.17, 15) is 8.60 Å². The van der Waals surface area contributed by atoms with Crippen molar-refractivity contribution in [2.24, 2.45) is 0 Å². The minimum atomic E-state index is -1.15. The van der Waals surface area contributed by atoms with Gasteiger partial charge in [-0.1, -0.05) is 0 Å². The van der Waals surface area contributed by atoms with Crippen LogP contribution in [0.4, 0.5) is 4.39 Å². The predicted octanol–water partition coefficient (Wildman–Crippen LogP) is 1.93. The maximum atomic E-state index is 12.6. The molecule has 1 N–H and O–H groups in total. The molecule has 4 heteroatoms. The second kappa shape index (κ2) is 3.65. The van der Waals surface area contributed by atoms with Crippen molar-refractivity contribution in [2.75, 3.05) is 6.67 Å². The van der Waals surface area contributed by atoms with Crippen molar-refractivity contribution in [3.8, 4) is 0 Å². The van der Waals surface area contributed by atoms with Gasteiger partial charge < -0.3 is 0 Å². The average molecular weight is 207 g/mol. The van der Waals surface area contributed by atoms with Crippen LogP contribution in [0, 0.1) is 0 Å². The van der Waals surface area contributed by atoms with Gasteiger partial charge in [-0.05, 0) is 40.0 Å². The third-order valence-corrected chi connectivity index (χ3v) is 4.16. The van der Waals surface area contributed by atoms with Crippen LogP contribution in [-0.4, -0.2) is 21.2 Å². The summed E-state index contributed by atoms with van der Waals surface area (Å²) in [5, 5.41) is 0. The first-order valence-electron chi connectivity index (χ1n) is 4.65. The highest BCUT2D eigenvalue weighted by molar-refractivity contribution is 7.84. The second-order valence-electron chi connectivity index (χ2n) is 4.75. The Labute approximate surface area is 81.9 Å². The van der Waals surface area contributed by atoms with Crippen molar-refractivity contribution >= 4 is 11.0 Å². The molecule has 0 spiro atoms. The summed E-state index contributed by atoms with van der Waals surface area (Å²) in [6, 6.07) is 0. The summed E-state index contributed by atoms with van der Waals surface area (Å²) in [5.74, 6) is 0. The first-order chi connectivity index (χ1) is 5.90. The largest absolute Gasteiger partial charge is 0.249 e. The van der Waals surface area contributed by atoms with Crippen LogP contribution in [-0.2, 0) is 11.0 Å². The maximum absolute atomic E-state index is 12.6. The van der Waals surface area contributed by atoms with Crippen LogP contribution >= 0.6 is 0 Å². The van der Waals surface area contributed by atoms with Crippen LogP contribution in [0.1, 0.15) is 40.0 Å². The van der Waals surface area contributed by atoms with Gasteiger partial charge in [0, 0.05) is 0 Å². The molecule has 13 heavy (non-hydrogen) atoms. The number of halogens is 1. The van der Waals surface area contributed by atoms with E-state index in [0.29, 0.717) is 0 Å². The molecule has 0 unspecified atom stereocenters. The molecule has 2 nitrogen and oxygen atoms in total. The van der Waals surface area contributed by atoms with Crippen LogP contribution in [0.5, 0.6) is 0 Å². The fourth-order valence-corrected chi connectivity index (χ4v) is 2.17. The third-order valence-electron chi connectivity index (χ3n) is 2.43. The Morgan fingerprint density at radius 3 is 2.23 bits per heavy atom. The molecule has 0 saturated heterocycles. The molecule has 1 fully saturated rings. The van der Waals surface area contributed by atoms with Crippen molar-refractivity contribution in [2.45, 2.75) is 50.3 Å². The van der Waals surface area contributed by atoms with Crippen LogP contribution in [0.3, 0.4) is 0 Å². The molecule has 1 aliphatic carbocycles. The Kier molecular flexibility index (Phi) is 3.12. The molecule has 0 bridgehead atoms. The van der Waals surface area contributed by atoms with Gasteiger partial charge in [0.05, 0.1) is 21.3 Å². The highest BCUT2D eigenvalue weighted by Crippen LogP contribution is 2.33. The van der Waals surface area contributed by atoms with Crippen molar-refractivity contribution in [3.63, 3.8) is 0 Å². The molecular formula is C9H18FNOS. The number of rotatable bonds is 3. The number of hydrogen-bond acceptors (Lipinski definition) is 1. The van der Waals surface area contributed by atoms with Crippen molar-refractivity contribution < 1.29 is 8.60 Å². The van der Waals surface area contributed by atoms with E-state index in [-0.39, 0.29) is 4.75 Å². The van der Waals surface area contributed by atoms with Gasteiger partial charge in [-0.25, -0.2) is 13.3 Å². The Hall–Kier alpha value is 0.0400. The van der Waals surface area contributed by atoms with Gasteiger partial charge in [0.2, 0.25) is 0 Å². The number of alkyl halides is 1. The van der Waals surface area contributed by atoms with Gasteiger partial charge in [-0.3, -0.25) is 0 Å². The van der Waals surface area contributed by atoms with E-state index in [0.717, 1.165) is 19.3 Å². The Morgan fingerprint density at radius 2 is 2.00 bits per heavy atom. The molecule has 0 aromatic heterocycles. The first-order valence-corrected chi connectivity index (χ1v) is 5.80. The normalized spacial score (nSPS) is 23.7. The molecule has 0 aromatic rings. The highest BCUT2D eigenvalue weighted by atomic mass is 32.2. The van der Waals surface area contributed by atoms with Gasteiger partial charge >= 0.3 is 0 Å². The average Bonchev–Trinajstić information content (AvgIpc) is 1.94. The van der Waals surface area contributed by atoms with E-state index >= 15 is 0 Å². The Morgan fingerprint density at radius 1 is 1.46 bits per heavy atom. The van der Waals surface area contributed by atoms with Gasteiger partial charge in [0.15, 0.2) is 0 Å². The van der Waals surface area contributed by atoms with Crippen LogP contribution in [0.25, 0.3) is 0 Å². The lowest BCUT2D eigenvalue weighted by molar-refractivity contribution is 0.171. The lowest BCUT2D eigenvalue weighted by Gasteiger charge is -2.41. The van der Waals surface area contributed by atoms with Gasteiger partial charge in [0.1, 0.15) is 6.67 Å². The van der Waals surface area contributed by atoms with E-state index in [4.69, 9.17) is 0 Å². The second-order valence-corrected chi connectivity index (χ2v) is 6.72. The molecule has 0 radical (unpaired) electrons. The SMILES string of the molecule is CC(C)(C)[S@](=O)NC1(CF)CCC1. The molecule has 0 heterocycles. The smallest absolute Gasteiger partial charge is 0.108 e. The summed E-state index contributed by atoms with van der Waals surface area (Å²) in [6.07, 6.45) is 2.66. The molecular weight excluding hydrogens is 189 g/mol. The number of nitrogens with one attached hydrogen (secondary N) is 1. The first kappa shape index (κ1) is 11.1. The molecule has 78 valence electrons. The summed E-state index contributed by atoms with van der Waals surface area (Å²) in [5.41, 5.74) is -0.474. The molecule has 0 amide bonds. The standard InChI is InChI=1S/C9H18FNOS/c1-8(2,3)13(12)11-9(7-10)5-4-6-9/h11H,4-7H2,1-3H3/t13-/m0/s1. The minimum Gasteiger partial charge on any atom is -0.249 e. The lowest BCUT2D eigenvalue weighted by atomic mass is 9.79. The molecule has 0 aliphatic heterocycles. The quantitative estimate of drug-likeness (QED) is 0.752. The van der Waals surface area contributed by atoms with Gasteiger partial charge in [0.25, 0.3) is 0 Å². The summed E-state index contributed by atoms with van der Waals surface area (Å²) < 4.78 is 26.9. The lowest BCUT2D eigenvalue weighted by Crippen LogP contribution is -2.56. The zero-order chi connectivity index (χ0) is 10.1. The highest BCUT2D eigenvalue weighted by Gasteiger charge is 2.40. The summed E-state index contributed by atoms with van der Waals surface area (Å²) in [7, 11) is -1.15. The Bertz CT molecular complexity index is 203. The molecule has 1 atom stereocenters. The third kappa shape index (κ3) is 2.50. The fourth-order valence-electron chi connectivity index (χ4n) is 1.22. The van der Waals surface area contributed by atoms with Crippen LogP contribution < -0.4 is 4.72 Å². The van der Waals surface area contributed by atoms with Crippen molar-refractivity contribution in [3.05, 3.63) is 0 Å². The molecule has 0 aromatic carbocycles. The zero-order valence-electron chi connectivity index (χ0n) is 8.52. The molecule has 1 rings (SSSR count). The van der Waals surface area contributed by atoms with E-state index in [1.165, 1.54) is 0 Å². The van der Waals surface area contributed by atoms with Gasteiger partial charge in [-0.15, -0.1) is 0 Å². The van der Waals surface area contributed by atoms with E-state index in [1.807, 2.05) is 20.8 Å². The van der Waals surface area contributed by atoms with E-state index in [1.54, 1.807) is 0 Å². The minimum absolute atomic E-state index is 0.308. The predicted molar refractivity (Wildman–Crippen MR) is 53.6 cm³/mol.